The zero-order valence-corrected chi connectivity index (χ0v) is 10.2. The minimum Gasteiger partial charge on any atom is -0.302 e. The topological polar surface area (TPSA) is 109 Å². The average Bonchev–Trinajstić information content (AvgIpc) is 2.77. The van der Waals surface area contributed by atoms with E-state index in [4.69, 9.17) is 10.5 Å². The van der Waals surface area contributed by atoms with Crippen LogP contribution in [0, 0.1) is 35.5 Å². The van der Waals surface area contributed by atoms with Gasteiger partial charge in [-0.05, 0) is 18.6 Å². The molecule has 0 amide bonds. The van der Waals surface area contributed by atoms with Crippen LogP contribution in [-0.2, 0) is 0 Å². The van der Waals surface area contributed by atoms with Crippen molar-refractivity contribution in [2.75, 3.05) is 0 Å². The van der Waals surface area contributed by atoms with Crippen LogP contribution in [0.15, 0.2) is 29.3 Å². The number of H-pyrrole nitrogens is 2. The monoisotopic (exact) mass is 253 g/mol. The highest BCUT2D eigenvalue weighted by Crippen LogP contribution is 2.30. The van der Waals surface area contributed by atoms with Gasteiger partial charge in [0.1, 0.15) is 5.92 Å². The third-order valence-corrected chi connectivity index (χ3v) is 2.98. The molecule has 0 saturated carbocycles. The first kappa shape index (κ1) is 12.6. The van der Waals surface area contributed by atoms with Gasteiger partial charge in [-0.2, -0.15) is 10.5 Å². The first-order chi connectivity index (χ1) is 9.19. The Balaban J connectivity index is 2.64. The van der Waals surface area contributed by atoms with E-state index in [9.17, 15) is 4.79 Å². The predicted octanol–water partition coefficient (Wildman–Crippen LogP) is 1.20. The van der Waals surface area contributed by atoms with Crippen LogP contribution in [0.4, 0.5) is 0 Å². The summed E-state index contributed by atoms with van der Waals surface area (Å²) < 4.78 is 0. The van der Waals surface area contributed by atoms with Gasteiger partial charge in [-0.15, -0.1) is 0 Å². The van der Waals surface area contributed by atoms with Gasteiger partial charge in [0.15, 0.2) is 0 Å². The van der Waals surface area contributed by atoms with Crippen molar-refractivity contribution in [3.05, 3.63) is 51.7 Å². The zero-order valence-electron chi connectivity index (χ0n) is 10.2. The lowest BCUT2D eigenvalue weighted by Crippen LogP contribution is -2.19. The van der Waals surface area contributed by atoms with Gasteiger partial charge in [-0.3, -0.25) is 14.9 Å². The van der Waals surface area contributed by atoms with E-state index >= 15 is 0 Å². The number of aromatic amines is 2. The maximum atomic E-state index is 11.9. The van der Waals surface area contributed by atoms with E-state index in [1.165, 1.54) is 0 Å². The second-order valence-corrected chi connectivity index (χ2v) is 4.12. The lowest BCUT2D eigenvalue weighted by Gasteiger charge is -2.16. The summed E-state index contributed by atoms with van der Waals surface area (Å²) in [7, 11) is 0. The van der Waals surface area contributed by atoms with Crippen LogP contribution in [0.1, 0.15) is 22.7 Å². The van der Waals surface area contributed by atoms with Crippen molar-refractivity contribution in [3.8, 4) is 12.1 Å². The quantitative estimate of drug-likeness (QED) is 0.856. The lowest BCUT2D eigenvalue weighted by atomic mass is 9.83. The van der Waals surface area contributed by atoms with Gasteiger partial charge in [0.2, 0.25) is 0 Å². The molecule has 0 bridgehead atoms. The molecule has 0 radical (unpaired) electrons. The summed E-state index contributed by atoms with van der Waals surface area (Å²) in [5.74, 6) is -1.56. The molecule has 0 unspecified atom stereocenters. The molecular weight excluding hydrogens is 242 g/mol. The Morgan fingerprint density at radius 2 is 2.05 bits per heavy atom. The highest BCUT2D eigenvalue weighted by atomic mass is 16.1. The molecule has 0 saturated heterocycles. The lowest BCUT2D eigenvalue weighted by molar-refractivity contribution is 0.697. The zero-order chi connectivity index (χ0) is 13.8. The predicted molar refractivity (Wildman–Crippen MR) is 66.9 cm³/mol. The number of rotatable bonds is 3. The Morgan fingerprint density at radius 1 is 1.32 bits per heavy atom. The largest absolute Gasteiger partial charge is 0.302 e. The summed E-state index contributed by atoms with van der Waals surface area (Å²) in [5, 5.41) is 23.4. The number of hydrogen-bond donors (Lipinski definition) is 2. The Labute approximate surface area is 109 Å². The van der Waals surface area contributed by atoms with E-state index in [-0.39, 0.29) is 5.56 Å². The third kappa shape index (κ3) is 2.24. The van der Waals surface area contributed by atoms with Gasteiger partial charge < -0.3 is 5.10 Å². The molecule has 19 heavy (non-hydrogen) atoms. The second-order valence-electron chi connectivity index (χ2n) is 4.12. The van der Waals surface area contributed by atoms with Crippen LogP contribution < -0.4 is 5.56 Å². The molecule has 0 aliphatic heterocycles. The van der Waals surface area contributed by atoms with E-state index in [2.05, 4.69) is 15.2 Å². The van der Waals surface area contributed by atoms with Crippen LogP contribution in [0.25, 0.3) is 0 Å². The molecule has 2 heterocycles. The summed E-state index contributed by atoms with van der Waals surface area (Å²) >= 11 is 0. The van der Waals surface area contributed by atoms with Gasteiger partial charge >= 0.3 is 0 Å². The Bertz CT molecular complexity index is 687. The Kier molecular flexibility index (Phi) is 3.44. The summed E-state index contributed by atoms with van der Waals surface area (Å²) in [4.78, 5) is 15.8. The number of nitrogens with zero attached hydrogens (tertiary/aromatic N) is 3. The fraction of sp³-hybridized carbons (Fsp3) is 0.231. The van der Waals surface area contributed by atoms with Gasteiger partial charge in [0.25, 0.3) is 5.56 Å². The first-order valence-corrected chi connectivity index (χ1v) is 5.65. The summed E-state index contributed by atoms with van der Waals surface area (Å²) in [5.41, 5.74) is 1.38. The van der Waals surface area contributed by atoms with Crippen LogP contribution >= 0.6 is 0 Å². The Hall–Kier alpha value is -2.86. The van der Waals surface area contributed by atoms with Crippen molar-refractivity contribution in [2.24, 2.45) is 5.92 Å². The van der Waals surface area contributed by atoms with Gasteiger partial charge in [-0.25, -0.2) is 0 Å². The van der Waals surface area contributed by atoms with Gasteiger partial charge in [0.05, 0.1) is 12.1 Å². The highest BCUT2D eigenvalue weighted by molar-refractivity contribution is 5.36. The molecule has 0 spiro atoms. The van der Waals surface area contributed by atoms with E-state index in [1.807, 2.05) is 12.1 Å². The fourth-order valence-electron chi connectivity index (χ4n) is 2.09. The first-order valence-electron chi connectivity index (χ1n) is 5.65. The summed E-state index contributed by atoms with van der Waals surface area (Å²) in [6.07, 6.45) is 3.17. The van der Waals surface area contributed by atoms with Crippen LogP contribution in [0.5, 0.6) is 0 Å². The molecule has 0 aromatic carbocycles. The summed E-state index contributed by atoms with van der Waals surface area (Å²) in [6.45, 7) is 1.72. The maximum absolute atomic E-state index is 11.9. The number of nitriles is 2. The standard InChI is InChI=1S/C13H11N5O/c1-8-11(13(19)18-17-8)12(10(5-14)6-15)9-3-2-4-16-7-9/h2-4,7,10,12H,1H3,(H2,17,18,19)/t12-/m1/s1. The van der Waals surface area contributed by atoms with Crippen molar-refractivity contribution in [3.63, 3.8) is 0 Å². The van der Waals surface area contributed by atoms with Crippen LogP contribution in [0.2, 0.25) is 0 Å². The summed E-state index contributed by atoms with van der Waals surface area (Å²) in [6, 6.07) is 7.34. The van der Waals surface area contributed by atoms with E-state index in [0.29, 0.717) is 16.8 Å². The SMILES string of the molecule is Cc1[nH][nH]c(=O)c1[C@H](c1cccnc1)C(C#N)C#N. The van der Waals surface area contributed by atoms with Crippen molar-refractivity contribution in [2.45, 2.75) is 12.8 Å². The number of aromatic nitrogens is 3. The van der Waals surface area contributed by atoms with Crippen molar-refractivity contribution in [1.82, 2.24) is 15.2 Å². The molecule has 6 heteroatoms. The van der Waals surface area contributed by atoms with E-state index in [1.54, 1.807) is 31.5 Å². The van der Waals surface area contributed by atoms with Crippen molar-refractivity contribution >= 4 is 0 Å². The molecule has 0 aliphatic rings. The molecule has 6 nitrogen and oxygen atoms in total. The molecule has 2 rings (SSSR count). The molecule has 2 N–H and O–H groups in total. The van der Waals surface area contributed by atoms with E-state index < -0.39 is 11.8 Å². The van der Waals surface area contributed by atoms with Crippen molar-refractivity contribution in [1.29, 1.82) is 10.5 Å². The van der Waals surface area contributed by atoms with Crippen LogP contribution in [0.3, 0.4) is 0 Å². The van der Waals surface area contributed by atoms with Crippen LogP contribution in [-0.4, -0.2) is 15.2 Å². The second kappa shape index (κ2) is 5.19. The van der Waals surface area contributed by atoms with Gasteiger partial charge in [0, 0.05) is 29.6 Å². The molecule has 0 fully saturated rings. The Morgan fingerprint density at radius 3 is 2.53 bits per heavy atom. The fourth-order valence-corrected chi connectivity index (χ4v) is 2.09. The normalized spacial score (nSPS) is 11.8. The maximum Gasteiger partial charge on any atom is 0.268 e. The molecule has 94 valence electrons. The smallest absolute Gasteiger partial charge is 0.268 e. The molecule has 0 aliphatic carbocycles. The minimum absolute atomic E-state index is 0.318. The number of nitrogens with one attached hydrogen (secondary N) is 2. The number of aryl methyl sites for hydroxylation is 1. The number of hydrogen-bond acceptors (Lipinski definition) is 4. The molecule has 1 atom stereocenters. The highest BCUT2D eigenvalue weighted by Gasteiger charge is 2.29. The van der Waals surface area contributed by atoms with Gasteiger partial charge in [-0.1, -0.05) is 6.07 Å². The van der Waals surface area contributed by atoms with E-state index in [0.717, 1.165) is 0 Å². The van der Waals surface area contributed by atoms with Crippen molar-refractivity contribution < 1.29 is 0 Å². The molecule has 2 aromatic rings. The molecular formula is C13H11N5O. The number of pyridine rings is 1. The minimum atomic E-state index is -0.945. The average molecular weight is 253 g/mol. The third-order valence-electron chi connectivity index (χ3n) is 2.98. The molecule has 2 aromatic heterocycles.